The Morgan fingerprint density at radius 3 is 2.50 bits per heavy atom. The molecule has 1 N–H and O–H groups in total. The molecule has 4 rings (SSSR count). The van der Waals surface area contributed by atoms with Gasteiger partial charge in [0.05, 0.1) is 38.4 Å². The predicted octanol–water partition coefficient (Wildman–Crippen LogP) is 0.973. The molecule has 0 aliphatic carbocycles. The summed E-state index contributed by atoms with van der Waals surface area (Å²) >= 11 is 0. The summed E-state index contributed by atoms with van der Waals surface area (Å²) < 4.78 is 43.8. The minimum atomic E-state index is -4.61. The molecule has 2 saturated heterocycles. The molecule has 0 spiro atoms. The van der Waals surface area contributed by atoms with E-state index in [-0.39, 0.29) is 31.5 Å². The second kappa shape index (κ2) is 8.16. The molecule has 0 radical (unpaired) electrons. The molecule has 0 aromatic heterocycles. The zero-order chi connectivity index (χ0) is 21.5. The third kappa shape index (κ3) is 3.91. The molecule has 3 aliphatic rings. The Hall–Kier alpha value is -2.17. The van der Waals surface area contributed by atoms with Crippen LogP contribution in [0.5, 0.6) is 0 Å². The zero-order valence-corrected chi connectivity index (χ0v) is 16.3. The summed E-state index contributed by atoms with van der Waals surface area (Å²) in [6, 6.07) is 5.88. The van der Waals surface area contributed by atoms with Crippen LogP contribution in [-0.2, 0) is 14.3 Å². The number of para-hydroxylation sites is 1. The average molecular weight is 427 g/mol. The number of amides is 2. The number of ether oxygens (including phenoxy) is 1. The van der Waals surface area contributed by atoms with Gasteiger partial charge in [0.2, 0.25) is 11.8 Å². The number of fused-ring (bicyclic) bond motifs is 3. The fraction of sp³-hybridized carbons (Fsp3) is 0.600. The first-order chi connectivity index (χ1) is 14.3. The van der Waals surface area contributed by atoms with E-state index in [0.717, 1.165) is 4.90 Å². The van der Waals surface area contributed by atoms with Gasteiger partial charge in [-0.05, 0) is 11.6 Å². The van der Waals surface area contributed by atoms with Crippen molar-refractivity contribution in [3.8, 4) is 0 Å². The van der Waals surface area contributed by atoms with Gasteiger partial charge in [-0.3, -0.25) is 14.5 Å². The van der Waals surface area contributed by atoms with Crippen LogP contribution in [-0.4, -0.2) is 91.0 Å². The van der Waals surface area contributed by atoms with E-state index < -0.39 is 30.6 Å². The van der Waals surface area contributed by atoms with Crippen LogP contribution in [0.2, 0.25) is 0 Å². The minimum absolute atomic E-state index is 0.0120. The van der Waals surface area contributed by atoms with E-state index in [1.807, 2.05) is 4.90 Å². The molecular weight excluding hydrogens is 403 g/mol. The number of aliphatic hydroxyl groups excluding tert-OH is 1. The number of nitrogens with zero attached hydrogens (tertiary/aromatic N) is 3. The summed E-state index contributed by atoms with van der Waals surface area (Å²) in [6.45, 7) is 2.21. The number of rotatable bonds is 4. The SMILES string of the molecule is O=C(CC(F)(F)F)N1C[C@@H]2[C@H](c3ccccc31)[C@@H](CO)N2C(=O)CN1CCOCC1. The lowest BCUT2D eigenvalue weighted by molar-refractivity contribution is -0.157. The van der Waals surface area contributed by atoms with Gasteiger partial charge in [-0.2, -0.15) is 13.2 Å². The number of hydrogen-bond acceptors (Lipinski definition) is 5. The van der Waals surface area contributed by atoms with Crippen molar-refractivity contribution in [2.75, 3.05) is 50.9 Å². The largest absolute Gasteiger partial charge is 0.397 e. The van der Waals surface area contributed by atoms with Gasteiger partial charge in [0.15, 0.2) is 0 Å². The van der Waals surface area contributed by atoms with Crippen molar-refractivity contribution < 1.29 is 32.6 Å². The van der Waals surface area contributed by atoms with Crippen LogP contribution in [0.4, 0.5) is 18.9 Å². The lowest BCUT2D eigenvalue weighted by Crippen LogP contribution is -2.71. The molecule has 164 valence electrons. The summed E-state index contributed by atoms with van der Waals surface area (Å²) in [5.41, 5.74) is 1.12. The topological polar surface area (TPSA) is 73.3 Å². The van der Waals surface area contributed by atoms with Gasteiger partial charge in [0.25, 0.3) is 0 Å². The Morgan fingerprint density at radius 2 is 1.83 bits per heavy atom. The van der Waals surface area contributed by atoms with Gasteiger partial charge in [0.1, 0.15) is 6.42 Å². The molecular formula is C20H24F3N3O4. The van der Waals surface area contributed by atoms with E-state index >= 15 is 0 Å². The highest BCUT2D eigenvalue weighted by Crippen LogP contribution is 2.48. The summed E-state index contributed by atoms with van der Waals surface area (Å²) in [4.78, 5) is 30.0. The fourth-order valence-corrected chi connectivity index (χ4v) is 4.77. The van der Waals surface area contributed by atoms with E-state index in [1.165, 1.54) is 0 Å². The maximum atomic E-state index is 13.0. The Labute approximate surface area is 172 Å². The molecule has 3 heterocycles. The van der Waals surface area contributed by atoms with Gasteiger partial charge in [0, 0.05) is 31.2 Å². The van der Waals surface area contributed by atoms with Crippen LogP contribution >= 0.6 is 0 Å². The van der Waals surface area contributed by atoms with E-state index in [9.17, 15) is 27.9 Å². The van der Waals surface area contributed by atoms with Crippen molar-refractivity contribution in [3.05, 3.63) is 29.8 Å². The number of aliphatic hydroxyl groups is 1. The number of carbonyl (C=O) groups is 2. The van der Waals surface area contributed by atoms with Gasteiger partial charge in [-0.1, -0.05) is 18.2 Å². The molecule has 3 aliphatic heterocycles. The van der Waals surface area contributed by atoms with Crippen molar-refractivity contribution in [2.24, 2.45) is 0 Å². The van der Waals surface area contributed by atoms with Crippen LogP contribution in [0.25, 0.3) is 0 Å². The maximum absolute atomic E-state index is 13.0. The second-order valence-electron chi connectivity index (χ2n) is 7.89. The normalized spacial score (nSPS) is 26.6. The highest BCUT2D eigenvalue weighted by molar-refractivity contribution is 5.96. The van der Waals surface area contributed by atoms with Crippen LogP contribution in [0, 0.1) is 0 Å². The standard InChI is InChI=1S/C20H24F3N3O4/c21-20(22,23)9-17(28)25-10-15-19(13-3-1-2-4-14(13)25)16(12-27)26(15)18(29)11-24-5-7-30-8-6-24/h1-4,15-16,19,27H,5-12H2/t15-,16-,19+/m1/s1. The molecule has 3 atom stereocenters. The smallest absolute Gasteiger partial charge is 0.394 e. The van der Waals surface area contributed by atoms with Gasteiger partial charge >= 0.3 is 6.18 Å². The Morgan fingerprint density at radius 1 is 1.13 bits per heavy atom. The first-order valence-corrected chi connectivity index (χ1v) is 9.98. The van der Waals surface area contributed by atoms with Crippen LogP contribution in [0.3, 0.4) is 0 Å². The van der Waals surface area contributed by atoms with Crippen molar-refractivity contribution in [2.45, 2.75) is 30.6 Å². The second-order valence-corrected chi connectivity index (χ2v) is 7.89. The number of morpholine rings is 1. The van der Waals surface area contributed by atoms with Crippen molar-refractivity contribution >= 4 is 17.5 Å². The fourth-order valence-electron chi connectivity index (χ4n) is 4.77. The molecule has 0 saturated carbocycles. The van der Waals surface area contributed by atoms with Gasteiger partial charge < -0.3 is 19.6 Å². The first-order valence-electron chi connectivity index (χ1n) is 9.98. The molecule has 2 amide bonds. The van der Waals surface area contributed by atoms with Crippen molar-refractivity contribution in [1.29, 1.82) is 0 Å². The number of benzene rings is 1. The van der Waals surface area contributed by atoms with Crippen LogP contribution < -0.4 is 4.90 Å². The zero-order valence-electron chi connectivity index (χ0n) is 16.3. The maximum Gasteiger partial charge on any atom is 0.397 e. The number of alkyl halides is 3. The summed E-state index contributed by atoms with van der Waals surface area (Å²) in [6.07, 6.45) is -6.16. The highest BCUT2D eigenvalue weighted by atomic mass is 19.4. The third-order valence-corrected chi connectivity index (χ3v) is 6.09. The number of likely N-dealkylation sites (tertiary alicyclic amines) is 1. The van der Waals surface area contributed by atoms with E-state index in [0.29, 0.717) is 37.6 Å². The molecule has 1 aromatic carbocycles. The minimum Gasteiger partial charge on any atom is -0.394 e. The van der Waals surface area contributed by atoms with E-state index in [2.05, 4.69) is 0 Å². The molecule has 0 unspecified atom stereocenters. The van der Waals surface area contributed by atoms with E-state index in [1.54, 1.807) is 29.2 Å². The van der Waals surface area contributed by atoms with Crippen molar-refractivity contribution in [1.82, 2.24) is 9.80 Å². The summed E-state index contributed by atoms with van der Waals surface area (Å²) in [5.74, 6) is -1.45. The molecule has 7 nitrogen and oxygen atoms in total. The van der Waals surface area contributed by atoms with Gasteiger partial charge in [-0.15, -0.1) is 0 Å². The average Bonchev–Trinajstić information content (AvgIpc) is 2.67. The number of hydrogen-bond donors (Lipinski definition) is 1. The predicted molar refractivity (Wildman–Crippen MR) is 101 cm³/mol. The number of halogens is 3. The molecule has 30 heavy (non-hydrogen) atoms. The summed E-state index contributed by atoms with van der Waals surface area (Å²) in [7, 11) is 0. The van der Waals surface area contributed by atoms with E-state index in [4.69, 9.17) is 4.74 Å². The number of carbonyl (C=O) groups excluding carboxylic acids is 2. The Balaban J connectivity index is 1.58. The first kappa shape index (κ1) is 21.1. The Kier molecular flexibility index (Phi) is 5.73. The molecule has 10 heteroatoms. The number of anilines is 1. The highest BCUT2D eigenvalue weighted by Gasteiger charge is 2.55. The molecule has 1 aromatic rings. The Bertz CT molecular complexity index is 813. The van der Waals surface area contributed by atoms with Crippen LogP contribution in [0.15, 0.2) is 24.3 Å². The lowest BCUT2D eigenvalue weighted by atomic mass is 9.71. The van der Waals surface area contributed by atoms with Gasteiger partial charge in [-0.25, -0.2) is 0 Å². The third-order valence-electron chi connectivity index (χ3n) is 6.09. The quantitative estimate of drug-likeness (QED) is 0.776. The molecule has 2 fully saturated rings. The monoisotopic (exact) mass is 427 g/mol. The van der Waals surface area contributed by atoms with Crippen molar-refractivity contribution in [3.63, 3.8) is 0 Å². The summed E-state index contributed by atoms with van der Waals surface area (Å²) in [5, 5.41) is 9.95. The van der Waals surface area contributed by atoms with Crippen LogP contribution in [0.1, 0.15) is 17.9 Å². The molecule has 0 bridgehead atoms. The lowest BCUT2D eigenvalue weighted by Gasteiger charge is -2.59.